The van der Waals surface area contributed by atoms with E-state index in [1.807, 2.05) is 5.01 Å². The zero-order valence-corrected chi connectivity index (χ0v) is 17.0. The first-order valence-corrected chi connectivity index (χ1v) is 11.8. The summed E-state index contributed by atoms with van der Waals surface area (Å²) in [6.07, 6.45) is 13.5. The van der Waals surface area contributed by atoms with Crippen LogP contribution in [0.2, 0.25) is 0 Å². The van der Waals surface area contributed by atoms with E-state index in [0.29, 0.717) is 11.8 Å². The van der Waals surface area contributed by atoms with Crippen LogP contribution in [0.3, 0.4) is 0 Å². The summed E-state index contributed by atoms with van der Waals surface area (Å²) >= 11 is 0. The maximum atomic E-state index is 12.2. The van der Waals surface area contributed by atoms with Gasteiger partial charge in [0.05, 0.1) is 5.75 Å². The van der Waals surface area contributed by atoms with Crippen LogP contribution < -0.4 is 4.83 Å². The Hall–Kier alpha value is -0.130. The van der Waals surface area contributed by atoms with Gasteiger partial charge in [-0.3, -0.25) is 0 Å². The van der Waals surface area contributed by atoms with E-state index in [2.05, 4.69) is 25.6 Å². The van der Waals surface area contributed by atoms with Gasteiger partial charge < -0.3 is 0 Å². The molecule has 1 aliphatic heterocycles. The molecule has 2 atom stereocenters. The van der Waals surface area contributed by atoms with Gasteiger partial charge in [-0.1, -0.05) is 78.6 Å². The second-order valence-electron chi connectivity index (χ2n) is 7.94. The Morgan fingerprint density at radius 3 is 1.79 bits per heavy atom. The molecule has 0 aliphatic carbocycles. The summed E-state index contributed by atoms with van der Waals surface area (Å²) in [6.45, 7) is 8.30. The van der Waals surface area contributed by atoms with Gasteiger partial charge in [-0.2, -0.15) is 0 Å². The molecule has 0 aromatic rings. The Morgan fingerprint density at radius 2 is 1.29 bits per heavy atom. The van der Waals surface area contributed by atoms with Crippen LogP contribution >= 0.6 is 0 Å². The van der Waals surface area contributed by atoms with Crippen LogP contribution in [0.4, 0.5) is 0 Å². The highest BCUT2D eigenvalue weighted by Crippen LogP contribution is 2.20. The van der Waals surface area contributed by atoms with E-state index in [9.17, 15) is 8.42 Å². The first-order chi connectivity index (χ1) is 11.4. The standard InChI is InChI=1S/C19H40N2O2S/c1-4-5-6-7-8-9-10-11-12-13-14-24(22,23)20-21-16-18(2)15-19(3)17-21/h18-20H,4-17H2,1-3H3. The summed E-state index contributed by atoms with van der Waals surface area (Å²) in [5.41, 5.74) is 0. The zero-order valence-electron chi connectivity index (χ0n) is 16.2. The van der Waals surface area contributed by atoms with E-state index < -0.39 is 10.0 Å². The molecule has 0 saturated carbocycles. The number of nitrogens with one attached hydrogen (secondary N) is 1. The molecule has 0 bridgehead atoms. The fourth-order valence-corrected chi connectivity index (χ4v) is 4.98. The molecule has 1 saturated heterocycles. The van der Waals surface area contributed by atoms with Gasteiger partial charge in [0.2, 0.25) is 10.0 Å². The Bertz CT molecular complexity index is 402. The van der Waals surface area contributed by atoms with E-state index in [1.54, 1.807) is 0 Å². The number of sulfonamides is 1. The molecule has 1 rings (SSSR count). The van der Waals surface area contributed by atoms with Gasteiger partial charge in [0.1, 0.15) is 0 Å². The van der Waals surface area contributed by atoms with Crippen LogP contribution in [0.1, 0.15) is 91.4 Å². The number of unbranched alkanes of at least 4 members (excludes halogenated alkanes) is 9. The van der Waals surface area contributed by atoms with Crippen LogP contribution in [0, 0.1) is 11.8 Å². The SMILES string of the molecule is CCCCCCCCCCCCS(=O)(=O)NN1CC(C)CC(C)C1. The quantitative estimate of drug-likeness (QED) is 0.483. The van der Waals surface area contributed by atoms with E-state index >= 15 is 0 Å². The van der Waals surface area contributed by atoms with Crippen molar-refractivity contribution in [2.24, 2.45) is 11.8 Å². The predicted molar refractivity (Wildman–Crippen MR) is 103 cm³/mol. The largest absolute Gasteiger partial charge is 0.230 e. The van der Waals surface area contributed by atoms with E-state index in [-0.39, 0.29) is 5.75 Å². The highest BCUT2D eigenvalue weighted by molar-refractivity contribution is 7.89. The normalized spacial score (nSPS) is 22.8. The number of hydrogen-bond donors (Lipinski definition) is 1. The van der Waals surface area contributed by atoms with Crippen LogP contribution in [0.15, 0.2) is 0 Å². The topological polar surface area (TPSA) is 49.4 Å². The van der Waals surface area contributed by atoms with Gasteiger partial charge in [-0.25, -0.2) is 13.4 Å². The minimum absolute atomic E-state index is 0.267. The Labute approximate surface area is 150 Å². The van der Waals surface area contributed by atoms with Crippen LogP contribution in [-0.4, -0.2) is 32.3 Å². The van der Waals surface area contributed by atoms with Crippen molar-refractivity contribution in [3.63, 3.8) is 0 Å². The van der Waals surface area contributed by atoms with E-state index in [0.717, 1.165) is 25.9 Å². The van der Waals surface area contributed by atoms with Crippen molar-refractivity contribution in [3.05, 3.63) is 0 Å². The Morgan fingerprint density at radius 1 is 0.833 bits per heavy atom. The van der Waals surface area contributed by atoms with Gasteiger partial charge in [0.15, 0.2) is 0 Å². The molecule has 0 radical (unpaired) electrons. The van der Waals surface area contributed by atoms with Crippen LogP contribution in [0.5, 0.6) is 0 Å². The number of hydrogen-bond acceptors (Lipinski definition) is 3. The van der Waals surface area contributed by atoms with Crippen LogP contribution in [-0.2, 0) is 10.0 Å². The minimum Gasteiger partial charge on any atom is -0.230 e. The van der Waals surface area contributed by atoms with Crippen molar-refractivity contribution < 1.29 is 8.42 Å². The molecule has 1 aliphatic rings. The molecule has 5 heteroatoms. The number of rotatable bonds is 13. The number of nitrogens with zero attached hydrogens (tertiary/aromatic N) is 1. The summed E-state index contributed by atoms with van der Waals surface area (Å²) in [4.78, 5) is 2.79. The maximum absolute atomic E-state index is 12.2. The van der Waals surface area contributed by atoms with Gasteiger partial charge in [-0.05, 0) is 24.7 Å². The molecular formula is C19H40N2O2S. The van der Waals surface area contributed by atoms with Crippen molar-refractivity contribution >= 4 is 10.0 Å². The molecular weight excluding hydrogens is 320 g/mol. The van der Waals surface area contributed by atoms with Gasteiger partial charge in [0, 0.05) is 13.1 Å². The second kappa shape index (κ2) is 12.3. The Kier molecular flexibility index (Phi) is 11.2. The van der Waals surface area contributed by atoms with E-state index in [4.69, 9.17) is 0 Å². The number of hydrazine groups is 1. The molecule has 24 heavy (non-hydrogen) atoms. The lowest BCUT2D eigenvalue weighted by Gasteiger charge is -2.34. The summed E-state index contributed by atoms with van der Waals surface area (Å²) in [7, 11) is -3.16. The lowest BCUT2D eigenvalue weighted by Crippen LogP contribution is -2.50. The first-order valence-electron chi connectivity index (χ1n) is 10.2. The molecule has 0 aromatic carbocycles. The molecule has 1 fully saturated rings. The van der Waals surface area contributed by atoms with Crippen molar-refractivity contribution in [1.82, 2.24) is 9.84 Å². The molecule has 1 heterocycles. The Balaban J connectivity index is 2.05. The lowest BCUT2D eigenvalue weighted by atomic mass is 9.93. The molecule has 1 N–H and O–H groups in total. The second-order valence-corrected chi connectivity index (χ2v) is 9.76. The average Bonchev–Trinajstić information content (AvgIpc) is 2.47. The summed E-state index contributed by atoms with van der Waals surface area (Å²) in [5.74, 6) is 1.39. The average molecular weight is 361 g/mol. The monoisotopic (exact) mass is 360 g/mol. The third-order valence-corrected chi connectivity index (χ3v) is 6.27. The molecule has 0 aromatic heterocycles. The fourth-order valence-electron chi connectivity index (χ4n) is 3.76. The molecule has 0 amide bonds. The van der Waals surface area contributed by atoms with Crippen molar-refractivity contribution in [1.29, 1.82) is 0 Å². The highest BCUT2D eigenvalue weighted by Gasteiger charge is 2.24. The van der Waals surface area contributed by atoms with Crippen molar-refractivity contribution in [3.8, 4) is 0 Å². The molecule has 0 spiro atoms. The smallest absolute Gasteiger partial charge is 0.224 e. The van der Waals surface area contributed by atoms with E-state index in [1.165, 1.54) is 57.8 Å². The third kappa shape index (κ3) is 10.7. The maximum Gasteiger partial charge on any atom is 0.224 e. The van der Waals surface area contributed by atoms with Gasteiger partial charge in [0.25, 0.3) is 0 Å². The molecule has 2 unspecified atom stereocenters. The van der Waals surface area contributed by atoms with Crippen LogP contribution in [0.25, 0.3) is 0 Å². The zero-order chi connectivity index (χ0) is 17.8. The third-order valence-electron chi connectivity index (χ3n) is 4.90. The lowest BCUT2D eigenvalue weighted by molar-refractivity contribution is 0.120. The van der Waals surface area contributed by atoms with Crippen molar-refractivity contribution in [2.45, 2.75) is 91.4 Å². The first kappa shape index (κ1) is 21.9. The summed E-state index contributed by atoms with van der Waals surface area (Å²) in [6, 6.07) is 0. The predicted octanol–water partition coefficient (Wildman–Crippen LogP) is 4.72. The highest BCUT2D eigenvalue weighted by atomic mass is 32.2. The molecule has 144 valence electrons. The summed E-state index contributed by atoms with van der Waals surface area (Å²) in [5, 5.41) is 1.91. The van der Waals surface area contributed by atoms with Gasteiger partial charge >= 0.3 is 0 Å². The van der Waals surface area contributed by atoms with Crippen molar-refractivity contribution in [2.75, 3.05) is 18.8 Å². The minimum atomic E-state index is -3.16. The fraction of sp³-hybridized carbons (Fsp3) is 1.00. The number of piperidine rings is 1. The molecule has 4 nitrogen and oxygen atoms in total. The van der Waals surface area contributed by atoms with Gasteiger partial charge in [-0.15, -0.1) is 4.83 Å². The summed E-state index contributed by atoms with van der Waals surface area (Å²) < 4.78 is 24.4.